The van der Waals surface area contributed by atoms with Crippen molar-refractivity contribution < 1.29 is 27.1 Å². The number of hydrogen-bond acceptors (Lipinski definition) is 5. The quantitative estimate of drug-likeness (QED) is 0.342. The second kappa shape index (κ2) is 13.4. The van der Waals surface area contributed by atoms with Crippen LogP contribution in [0.2, 0.25) is 0 Å². The molecule has 0 aliphatic heterocycles. The highest BCUT2D eigenvalue weighted by Crippen LogP contribution is 2.27. The van der Waals surface area contributed by atoms with Crippen molar-refractivity contribution in [1.82, 2.24) is 10.2 Å². The second-order valence-corrected chi connectivity index (χ2v) is 11.6. The summed E-state index contributed by atoms with van der Waals surface area (Å²) < 4.78 is 47.6. The van der Waals surface area contributed by atoms with E-state index in [-0.39, 0.29) is 29.1 Å². The van der Waals surface area contributed by atoms with Gasteiger partial charge in [0.1, 0.15) is 24.2 Å². The van der Waals surface area contributed by atoms with Crippen LogP contribution in [-0.2, 0) is 26.2 Å². The zero-order valence-corrected chi connectivity index (χ0v) is 24.2. The Morgan fingerprint density at radius 1 is 0.975 bits per heavy atom. The van der Waals surface area contributed by atoms with Crippen LogP contribution in [0.3, 0.4) is 0 Å². The number of rotatable bonds is 12. The molecule has 0 aliphatic carbocycles. The molecule has 0 saturated carbocycles. The molecular formula is C30H36FN3O5S. The van der Waals surface area contributed by atoms with E-state index < -0.39 is 34.3 Å². The number of sulfonamides is 1. The Kier molecular flexibility index (Phi) is 10.3. The summed E-state index contributed by atoms with van der Waals surface area (Å²) in [6.45, 7) is 8.95. The maximum Gasteiger partial charge on any atom is 0.264 e. The van der Waals surface area contributed by atoms with Gasteiger partial charge in [-0.2, -0.15) is 0 Å². The minimum atomic E-state index is -4.29. The van der Waals surface area contributed by atoms with Crippen molar-refractivity contribution in [2.75, 3.05) is 17.5 Å². The first-order valence-corrected chi connectivity index (χ1v) is 14.5. The molecule has 1 N–H and O–H groups in total. The van der Waals surface area contributed by atoms with E-state index in [0.717, 1.165) is 39.7 Å². The van der Waals surface area contributed by atoms with Gasteiger partial charge in [-0.15, -0.1) is 0 Å². The van der Waals surface area contributed by atoms with E-state index in [1.807, 2.05) is 52.0 Å². The van der Waals surface area contributed by atoms with Crippen molar-refractivity contribution >= 4 is 27.5 Å². The van der Waals surface area contributed by atoms with Gasteiger partial charge in [0.15, 0.2) is 0 Å². The molecule has 0 heterocycles. The zero-order chi connectivity index (χ0) is 29.4. The molecular weight excluding hydrogens is 533 g/mol. The molecule has 0 fully saturated rings. The number of anilines is 1. The van der Waals surface area contributed by atoms with Crippen molar-refractivity contribution in [2.45, 2.75) is 58.1 Å². The first-order valence-electron chi connectivity index (χ1n) is 13.1. The van der Waals surface area contributed by atoms with E-state index in [2.05, 4.69) is 5.32 Å². The molecule has 0 unspecified atom stereocenters. The average molecular weight is 570 g/mol. The van der Waals surface area contributed by atoms with Gasteiger partial charge in [0, 0.05) is 12.6 Å². The standard InChI is InChI=1S/C30H36FN3O5S/c1-6-39-27-14-12-26(13-15-27)34(40(37,38)28-16-10-25(31)11-17-28)20-29(35)33(23(5)30(36)32-21(2)3)19-24-9-7-8-22(4)18-24/h7-18,21,23H,6,19-20H2,1-5H3,(H,32,36)/t23-/m1/s1. The Labute approximate surface area is 235 Å². The first-order chi connectivity index (χ1) is 18.9. The lowest BCUT2D eigenvalue weighted by Crippen LogP contribution is -2.52. The number of amides is 2. The highest BCUT2D eigenvalue weighted by molar-refractivity contribution is 7.92. The van der Waals surface area contributed by atoms with Gasteiger partial charge in [-0.3, -0.25) is 13.9 Å². The molecule has 3 aromatic carbocycles. The van der Waals surface area contributed by atoms with E-state index in [4.69, 9.17) is 4.74 Å². The normalized spacial score (nSPS) is 12.1. The molecule has 0 spiro atoms. The summed E-state index contributed by atoms with van der Waals surface area (Å²) in [5.74, 6) is -0.980. The SMILES string of the molecule is CCOc1ccc(N(CC(=O)N(Cc2cccc(C)c2)[C@H](C)C(=O)NC(C)C)S(=O)(=O)c2ccc(F)cc2)cc1. The van der Waals surface area contributed by atoms with Gasteiger partial charge in [-0.05, 0) is 88.7 Å². The smallest absolute Gasteiger partial charge is 0.264 e. The van der Waals surface area contributed by atoms with Crippen LogP contribution in [-0.4, -0.2) is 50.4 Å². The van der Waals surface area contributed by atoms with Crippen LogP contribution in [0, 0.1) is 12.7 Å². The van der Waals surface area contributed by atoms with Crippen LogP contribution >= 0.6 is 0 Å². The third-order valence-corrected chi connectivity index (χ3v) is 7.94. The molecule has 3 aromatic rings. The number of halogens is 1. The van der Waals surface area contributed by atoms with Crippen molar-refractivity contribution in [3.8, 4) is 5.75 Å². The molecule has 0 saturated heterocycles. The molecule has 0 bridgehead atoms. The molecule has 1 atom stereocenters. The molecule has 3 rings (SSSR count). The van der Waals surface area contributed by atoms with Crippen LogP contribution in [0.1, 0.15) is 38.8 Å². The van der Waals surface area contributed by atoms with E-state index in [1.165, 1.54) is 4.90 Å². The topological polar surface area (TPSA) is 96.0 Å². The number of hydrogen-bond donors (Lipinski definition) is 1. The Bertz CT molecular complexity index is 1410. The van der Waals surface area contributed by atoms with Gasteiger partial charge < -0.3 is 15.0 Å². The Morgan fingerprint density at radius 2 is 1.62 bits per heavy atom. The summed E-state index contributed by atoms with van der Waals surface area (Å²) in [6.07, 6.45) is 0. The highest BCUT2D eigenvalue weighted by atomic mass is 32.2. The summed E-state index contributed by atoms with van der Waals surface area (Å²) >= 11 is 0. The Hall–Kier alpha value is -3.92. The summed E-state index contributed by atoms with van der Waals surface area (Å²) in [5.41, 5.74) is 2.00. The molecule has 214 valence electrons. The summed E-state index contributed by atoms with van der Waals surface area (Å²) in [5, 5.41) is 2.83. The predicted molar refractivity (Wildman–Crippen MR) is 153 cm³/mol. The fraction of sp³-hybridized carbons (Fsp3) is 0.333. The minimum absolute atomic E-state index is 0.0981. The lowest BCUT2D eigenvalue weighted by Gasteiger charge is -2.32. The highest BCUT2D eigenvalue weighted by Gasteiger charge is 2.32. The molecule has 0 aliphatic rings. The fourth-order valence-electron chi connectivity index (χ4n) is 4.13. The maximum atomic E-state index is 13.9. The molecule has 0 radical (unpaired) electrons. The zero-order valence-electron chi connectivity index (χ0n) is 23.4. The van der Waals surface area contributed by atoms with E-state index >= 15 is 0 Å². The number of nitrogens with zero attached hydrogens (tertiary/aromatic N) is 2. The summed E-state index contributed by atoms with van der Waals surface area (Å²) in [4.78, 5) is 28.1. The molecule has 8 nitrogen and oxygen atoms in total. The number of carbonyl (C=O) groups excluding carboxylic acids is 2. The van der Waals surface area contributed by atoms with Crippen LogP contribution in [0.5, 0.6) is 5.75 Å². The average Bonchev–Trinajstić information content (AvgIpc) is 2.90. The molecule has 40 heavy (non-hydrogen) atoms. The van der Waals surface area contributed by atoms with Gasteiger partial charge in [-0.1, -0.05) is 29.8 Å². The molecule has 0 aromatic heterocycles. The monoisotopic (exact) mass is 569 g/mol. The van der Waals surface area contributed by atoms with Gasteiger partial charge in [0.2, 0.25) is 11.8 Å². The predicted octanol–water partition coefficient (Wildman–Crippen LogP) is 4.67. The van der Waals surface area contributed by atoms with E-state index in [0.29, 0.717) is 12.4 Å². The second-order valence-electron chi connectivity index (χ2n) is 9.74. The lowest BCUT2D eigenvalue weighted by molar-refractivity contribution is -0.139. The van der Waals surface area contributed by atoms with Gasteiger partial charge in [0.05, 0.1) is 17.2 Å². The fourth-order valence-corrected chi connectivity index (χ4v) is 5.55. The summed E-state index contributed by atoms with van der Waals surface area (Å²) in [6, 6.07) is 17.2. The molecule has 10 heteroatoms. The lowest BCUT2D eigenvalue weighted by atomic mass is 10.1. The van der Waals surface area contributed by atoms with Crippen LogP contribution < -0.4 is 14.4 Å². The van der Waals surface area contributed by atoms with E-state index in [1.54, 1.807) is 31.2 Å². The summed E-state index contributed by atoms with van der Waals surface area (Å²) in [7, 11) is -4.29. The number of nitrogens with one attached hydrogen (secondary N) is 1. The van der Waals surface area contributed by atoms with Crippen LogP contribution in [0.4, 0.5) is 10.1 Å². The van der Waals surface area contributed by atoms with Gasteiger partial charge >= 0.3 is 0 Å². The Balaban J connectivity index is 2.03. The Morgan fingerprint density at radius 3 is 2.20 bits per heavy atom. The molecule has 2 amide bonds. The maximum absolute atomic E-state index is 13.9. The van der Waals surface area contributed by atoms with Crippen molar-refractivity contribution in [1.29, 1.82) is 0 Å². The van der Waals surface area contributed by atoms with Crippen molar-refractivity contribution in [3.05, 3.63) is 89.7 Å². The van der Waals surface area contributed by atoms with Crippen LogP contribution in [0.15, 0.2) is 77.7 Å². The number of carbonyl (C=O) groups is 2. The number of ether oxygens (including phenoxy) is 1. The van der Waals surface area contributed by atoms with Gasteiger partial charge in [-0.25, -0.2) is 12.8 Å². The third-order valence-electron chi connectivity index (χ3n) is 6.15. The van der Waals surface area contributed by atoms with Gasteiger partial charge in [0.25, 0.3) is 10.0 Å². The van der Waals surface area contributed by atoms with Crippen molar-refractivity contribution in [3.63, 3.8) is 0 Å². The van der Waals surface area contributed by atoms with Crippen molar-refractivity contribution in [2.24, 2.45) is 0 Å². The van der Waals surface area contributed by atoms with E-state index in [9.17, 15) is 22.4 Å². The number of benzene rings is 3. The number of aryl methyl sites for hydroxylation is 1. The first kappa shape index (κ1) is 30.6. The largest absolute Gasteiger partial charge is 0.494 e. The minimum Gasteiger partial charge on any atom is -0.494 e. The third kappa shape index (κ3) is 7.81. The van der Waals surface area contributed by atoms with Crippen LogP contribution in [0.25, 0.3) is 0 Å².